The average molecular weight is 200 g/mol. The van der Waals surface area contributed by atoms with E-state index in [0.29, 0.717) is 6.04 Å². The lowest BCUT2D eigenvalue weighted by molar-refractivity contribution is 0.0418. The molecule has 1 N–H and O–H groups in total. The first-order valence-corrected chi connectivity index (χ1v) is 5.61. The fourth-order valence-electron chi connectivity index (χ4n) is 2.11. The number of likely N-dealkylation sites (tertiary alicyclic amines) is 1. The Kier molecular flexibility index (Phi) is 4.35. The van der Waals surface area contributed by atoms with E-state index in [1.807, 2.05) is 6.92 Å². The second-order valence-electron chi connectivity index (χ2n) is 4.71. The van der Waals surface area contributed by atoms with Gasteiger partial charge in [-0.15, -0.1) is 0 Å². The molecule has 1 rings (SSSR count). The molecule has 1 aliphatic rings. The van der Waals surface area contributed by atoms with Gasteiger partial charge in [0.15, 0.2) is 0 Å². The molecule has 0 bridgehead atoms. The molecule has 14 heavy (non-hydrogen) atoms. The van der Waals surface area contributed by atoms with E-state index in [1.165, 1.54) is 12.8 Å². The van der Waals surface area contributed by atoms with Gasteiger partial charge >= 0.3 is 0 Å². The first kappa shape index (κ1) is 12.0. The molecule has 1 heterocycles. The second-order valence-corrected chi connectivity index (χ2v) is 4.71. The summed E-state index contributed by atoms with van der Waals surface area (Å²) in [6, 6.07) is 1.03. The first-order chi connectivity index (χ1) is 6.52. The zero-order valence-electron chi connectivity index (χ0n) is 9.90. The fraction of sp³-hybridized carbons (Fsp3) is 1.00. The Morgan fingerprint density at radius 1 is 1.21 bits per heavy atom. The number of aliphatic hydroxyl groups is 1. The molecule has 2 unspecified atom stereocenters. The van der Waals surface area contributed by atoms with Crippen molar-refractivity contribution in [2.75, 3.05) is 27.2 Å². The van der Waals surface area contributed by atoms with Crippen LogP contribution in [0.4, 0.5) is 0 Å². The van der Waals surface area contributed by atoms with Crippen molar-refractivity contribution in [3.63, 3.8) is 0 Å². The van der Waals surface area contributed by atoms with Gasteiger partial charge in [0.1, 0.15) is 0 Å². The highest BCUT2D eigenvalue weighted by atomic mass is 16.3. The quantitative estimate of drug-likeness (QED) is 0.729. The van der Waals surface area contributed by atoms with E-state index < -0.39 is 0 Å². The van der Waals surface area contributed by atoms with Crippen molar-refractivity contribution in [3.8, 4) is 0 Å². The summed E-state index contributed by atoms with van der Waals surface area (Å²) in [5.74, 6) is 0. The molecule has 3 nitrogen and oxygen atoms in total. The Bertz CT molecular complexity index is 163. The molecule has 0 amide bonds. The van der Waals surface area contributed by atoms with E-state index in [-0.39, 0.29) is 6.10 Å². The SMILES string of the molecule is CC(O)C(C)N1CCC(N(C)C)CC1. The average Bonchev–Trinajstić information content (AvgIpc) is 2.16. The lowest BCUT2D eigenvalue weighted by Gasteiger charge is -2.39. The molecule has 0 radical (unpaired) electrons. The zero-order chi connectivity index (χ0) is 10.7. The standard InChI is InChI=1S/C11H24N2O/c1-9(10(2)14)13-7-5-11(6-8-13)12(3)4/h9-11,14H,5-8H2,1-4H3. The van der Waals surface area contributed by atoms with Crippen LogP contribution in [0.5, 0.6) is 0 Å². The van der Waals surface area contributed by atoms with Crippen molar-refractivity contribution in [1.29, 1.82) is 0 Å². The van der Waals surface area contributed by atoms with E-state index in [4.69, 9.17) is 0 Å². The lowest BCUT2D eigenvalue weighted by Crippen LogP contribution is -2.48. The third kappa shape index (κ3) is 2.94. The van der Waals surface area contributed by atoms with Crippen molar-refractivity contribution < 1.29 is 5.11 Å². The molecule has 3 heteroatoms. The van der Waals surface area contributed by atoms with Crippen LogP contribution in [0.3, 0.4) is 0 Å². The van der Waals surface area contributed by atoms with Gasteiger partial charge in [0.05, 0.1) is 6.10 Å². The number of aliphatic hydroxyl groups excluding tert-OH is 1. The number of hydrogen-bond acceptors (Lipinski definition) is 3. The normalized spacial score (nSPS) is 25.3. The Labute approximate surface area is 87.7 Å². The van der Waals surface area contributed by atoms with Gasteiger partial charge in [-0.2, -0.15) is 0 Å². The van der Waals surface area contributed by atoms with Crippen LogP contribution in [0.25, 0.3) is 0 Å². The summed E-state index contributed by atoms with van der Waals surface area (Å²) in [4.78, 5) is 4.70. The highest BCUT2D eigenvalue weighted by Gasteiger charge is 2.25. The van der Waals surface area contributed by atoms with Crippen LogP contribution in [-0.2, 0) is 0 Å². The Balaban J connectivity index is 2.35. The second kappa shape index (κ2) is 5.10. The van der Waals surface area contributed by atoms with Crippen LogP contribution in [0.2, 0.25) is 0 Å². The summed E-state index contributed by atoms with van der Waals surface area (Å²) in [5, 5.41) is 9.50. The van der Waals surface area contributed by atoms with Crippen LogP contribution in [0.15, 0.2) is 0 Å². The molecule has 0 aromatic carbocycles. The van der Waals surface area contributed by atoms with Gasteiger partial charge in [-0.05, 0) is 40.8 Å². The van der Waals surface area contributed by atoms with Crippen molar-refractivity contribution in [3.05, 3.63) is 0 Å². The molecule has 1 aliphatic heterocycles. The zero-order valence-corrected chi connectivity index (χ0v) is 9.90. The summed E-state index contributed by atoms with van der Waals surface area (Å²) in [5.41, 5.74) is 0. The van der Waals surface area contributed by atoms with Gasteiger partial charge in [-0.25, -0.2) is 0 Å². The highest BCUT2D eigenvalue weighted by Crippen LogP contribution is 2.17. The molecule has 1 saturated heterocycles. The largest absolute Gasteiger partial charge is 0.392 e. The summed E-state index contributed by atoms with van der Waals surface area (Å²) >= 11 is 0. The van der Waals surface area contributed by atoms with Crippen molar-refractivity contribution in [1.82, 2.24) is 9.80 Å². The maximum atomic E-state index is 9.50. The molecular weight excluding hydrogens is 176 g/mol. The molecular formula is C11H24N2O. The number of hydrogen-bond donors (Lipinski definition) is 1. The fourth-order valence-corrected chi connectivity index (χ4v) is 2.11. The van der Waals surface area contributed by atoms with Gasteiger partial charge in [0, 0.05) is 25.2 Å². The van der Waals surface area contributed by atoms with Gasteiger partial charge in [0.2, 0.25) is 0 Å². The van der Waals surface area contributed by atoms with Crippen molar-refractivity contribution in [2.45, 2.75) is 44.9 Å². The summed E-state index contributed by atoms with van der Waals surface area (Å²) in [6.07, 6.45) is 2.24. The molecule has 0 aromatic rings. The number of piperidine rings is 1. The molecule has 0 spiro atoms. The van der Waals surface area contributed by atoms with Crippen molar-refractivity contribution in [2.24, 2.45) is 0 Å². The Morgan fingerprint density at radius 3 is 2.07 bits per heavy atom. The van der Waals surface area contributed by atoms with E-state index in [9.17, 15) is 5.11 Å². The Morgan fingerprint density at radius 2 is 1.71 bits per heavy atom. The third-order valence-corrected chi connectivity index (χ3v) is 3.50. The molecule has 0 aromatic heterocycles. The van der Waals surface area contributed by atoms with Crippen LogP contribution in [0.1, 0.15) is 26.7 Å². The first-order valence-electron chi connectivity index (χ1n) is 5.61. The van der Waals surface area contributed by atoms with Crippen LogP contribution in [-0.4, -0.2) is 60.3 Å². The third-order valence-electron chi connectivity index (χ3n) is 3.50. The predicted octanol–water partition coefficient (Wildman–Crippen LogP) is 0.782. The Hall–Kier alpha value is -0.120. The smallest absolute Gasteiger partial charge is 0.0664 e. The molecule has 0 aliphatic carbocycles. The van der Waals surface area contributed by atoms with Crippen LogP contribution >= 0.6 is 0 Å². The predicted molar refractivity (Wildman–Crippen MR) is 59.4 cm³/mol. The minimum atomic E-state index is -0.217. The molecule has 1 fully saturated rings. The van der Waals surface area contributed by atoms with Gasteiger partial charge in [-0.1, -0.05) is 0 Å². The van der Waals surface area contributed by atoms with Crippen LogP contribution in [0, 0.1) is 0 Å². The van der Waals surface area contributed by atoms with E-state index in [1.54, 1.807) is 0 Å². The minimum absolute atomic E-state index is 0.217. The minimum Gasteiger partial charge on any atom is -0.392 e. The molecule has 0 saturated carbocycles. The van der Waals surface area contributed by atoms with Crippen molar-refractivity contribution >= 4 is 0 Å². The molecule has 2 atom stereocenters. The lowest BCUT2D eigenvalue weighted by atomic mass is 10.0. The number of rotatable bonds is 3. The monoisotopic (exact) mass is 200 g/mol. The topological polar surface area (TPSA) is 26.7 Å². The maximum Gasteiger partial charge on any atom is 0.0664 e. The van der Waals surface area contributed by atoms with E-state index in [2.05, 4.69) is 30.8 Å². The summed E-state index contributed by atoms with van der Waals surface area (Å²) in [6.45, 7) is 6.23. The highest BCUT2D eigenvalue weighted by molar-refractivity contribution is 4.81. The van der Waals surface area contributed by atoms with E-state index in [0.717, 1.165) is 19.1 Å². The number of nitrogens with zero attached hydrogens (tertiary/aromatic N) is 2. The van der Waals surface area contributed by atoms with Gasteiger partial charge in [0.25, 0.3) is 0 Å². The molecule has 84 valence electrons. The maximum absolute atomic E-state index is 9.50. The summed E-state index contributed by atoms with van der Waals surface area (Å²) in [7, 11) is 4.30. The van der Waals surface area contributed by atoms with Gasteiger partial charge < -0.3 is 10.0 Å². The van der Waals surface area contributed by atoms with Gasteiger partial charge in [-0.3, -0.25) is 4.90 Å². The summed E-state index contributed by atoms with van der Waals surface area (Å²) < 4.78 is 0. The van der Waals surface area contributed by atoms with Crippen LogP contribution < -0.4 is 0 Å². The van der Waals surface area contributed by atoms with E-state index >= 15 is 0 Å².